The van der Waals surface area contributed by atoms with E-state index in [9.17, 15) is 9.18 Å². The van der Waals surface area contributed by atoms with Crippen molar-refractivity contribution in [3.8, 4) is 0 Å². The van der Waals surface area contributed by atoms with Gasteiger partial charge < -0.3 is 10.4 Å². The third-order valence-corrected chi connectivity index (χ3v) is 2.12. The van der Waals surface area contributed by atoms with E-state index >= 15 is 0 Å². The fourth-order valence-electron chi connectivity index (χ4n) is 1.41. The highest BCUT2D eigenvalue weighted by atomic mass is 19.1. The van der Waals surface area contributed by atoms with Crippen LogP contribution in [0, 0.1) is 5.82 Å². The highest BCUT2D eigenvalue weighted by Gasteiger charge is 2.15. The number of nitrogens with one attached hydrogen (secondary N) is 1. The minimum Gasteiger partial charge on any atom is -0.478 e. The van der Waals surface area contributed by atoms with E-state index < -0.39 is 5.97 Å². The Morgan fingerprint density at radius 2 is 2.29 bits per heavy atom. The molecular formula is C10H8FNO2. The van der Waals surface area contributed by atoms with E-state index in [1.54, 1.807) is 6.07 Å². The number of fused-ring (bicyclic) bond motifs is 1. The molecule has 0 bridgehead atoms. The normalized spacial score (nSPS) is 13.9. The highest BCUT2D eigenvalue weighted by molar-refractivity contribution is 5.89. The standard InChI is InChI=1S/C10H8FNO2/c11-8-1-2-9-6(4-8)3-7(5-12-9)10(13)14/h1-2,4-5,12H,3H2,(H,13,14). The molecule has 0 radical (unpaired) electrons. The van der Waals surface area contributed by atoms with Crippen molar-refractivity contribution in [2.24, 2.45) is 0 Å². The fraction of sp³-hybridized carbons (Fsp3) is 0.100. The zero-order chi connectivity index (χ0) is 10.1. The Morgan fingerprint density at radius 1 is 1.50 bits per heavy atom. The lowest BCUT2D eigenvalue weighted by Gasteiger charge is -2.15. The summed E-state index contributed by atoms with van der Waals surface area (Å²) in [7, 11) is 0. The van der Waals surface area contributed by atoms with Gasteiger partial charge in [-0.05, 0) is 23.8 Å². The second-order valence-electron chi connectivity index (χ2n) is 3.10. The van der Waals surface area contributed by atoms with Crippen molar-refractivity contribution in [1.82, 2.24) is 0 Å². The number of rotatable bonds is 1. The van der Waals surface area contributed by atoms with Crippen molar-refractivity contribution >= 4 is 11.7 Å². The maximum atomic E-state index is 12.8. The quantitative estimate of drug-likeness (QED) is 0.714. The summed E-state index contributed by atoms with van der Waals surface area (Å²) in [4.78, 5) is 10.6. The van der Waals surface area contributed by atoms with Crippen LogP contribution in [-0.2, 0) is 11.2 Å². The van der Waals surface area contributed by atoms with Crippen molar-refractivity contribution in [3.05, 3.63) is 41.4 Å². The van der Waals surface area contributed by atoms with Crippen LogP contribution in [0.25, 0.3) is 0 Å². The van der Waals surface area contributed by atoms with Crippen molar-refractivity contribution in [2.75, 3.05) is 5.32 Å². The van der Waals surface area contributed by atoms with E-state index in [2.05, 4.69) is 5.32 Å². The summed E-state index contributed by atoms with van der Waals surface area (Å²) in [5.74, 6) is -1.33. The molecule has 0 atom stereocenters. The van der Waals surface area contributed by atoms with Crippen LogP contribution < -0.4 is 5.32 Å². The summed E-state index contributed by atoms with van der Waals surface area (Å²) in [6.07, 6.45) is 1.69. The van der Waals surface area contributed by atoms with E-state index in [4.69, 9.17) is 5.11 Å². The van der Waals surface area contributed by atoms with Crippen LogP contribution >= 0.6 is 0 Å². The molecule has 14 heavy (non-hydrogen) atoms. The maximum Gasteiger partial charge on any atom is 0.333 e. The Kier molecular flexibility index (Phi) is 1.96. The van der Waals surface area contributed by atoms with Crippen LogP contribution in [-0.4, -0.2) is 11.1 Å². The minimum atomic E-state index is -0.979. The molecule has 2 N–H and O–H groups in total. The lowest BCUT2D eigenvalue weighted by atomic mass is 10.0. The van der Waals surface area contributed by atoms with Crippen LogP contribution in [0.5, 0.6) is 0 Å². The molecule has 1 aromatic rings. The summed E-state index contributed by atoms with van der Waals surface area (Å²) < 4.78 is 12.8. The number of carboxylic acids is 1. The van der Waals surface area contributed by atoms with Crippen molar-refractivity contribution in [1.29, 1.82) is 0 Å². The average molecular weight is 193 g/mol. The fourth-order valence-corrected chi connectivity index (χ4v) is 1.41. The summed E-state index contributed by atoms with van der Waals surface area (Å²) in [5.41, 5.74) is 1.67. The van der Waals surface area contributed by atoms with E-state index in [-0.39, 0.29) is 17.8 Å². The molecule has 0 aromatic heterocycles. The molecule has 2 rings (SSSR count). The van der Waals surface area contributed by atoms with Gasteiger partial charge in [-0.3, -0.25) is 0 Å². The predicted octanol–water partition coefficient (Wildman–Crippen LogP) is 1.76. The maximum absolute atomic E-state index is 12.8. The van der Waals surface area contributed by atoms with Gasteiger partial charge in [-0.1, -0.05) is 0 Å². The largest absolute Gasteiger partial charge is 0.478 e. The van der Waals surface area contributed by atoms with E-state index in [0.29, 0.717) is 5.56 Å². The summed E-state index contributed by atoms with van der Waals surface area (Å²) in [6, 6.07) is 4.28. The summed E-state index contributed by atoms with van der Waals surface area (Å²) in [5, 5.41) is 11.5. The molecule has 0 saturated carbocycles. The molecule has 0 amide bonds. The Balaban J connectivity index is 2.35. The van der Waals surface area contributed by atoms with Gasteiger partial charge in [-0.2, -0.15) is 0 Å². The Bertz CT molecular complexity index is 426. The predicted molar refractivity (Wildman–Crippen MR) is 49.4 cm³/mol. The van der Waals surface area contributed by atoms with Gasteiger partial charge in [0.15, 0.2) is 0 Å². The van der Waals surface area contributed by atoms with Crippen molar-refractivity contribution in [2.45, 2.75) is 6.42 Å². The van der Waals surface area contributed by atoms with Gasteiger partial charge in [0, 0.05) is 18.3 Å². The molecule has 1 aliphatic rings. The van der Waals surface area contributed by atoms with Crippen LogP contribution in [0.2, 0.25) is 0 Å². The van der Waals surface area contributed by atoms with E-state index in [1.807, 2.05) is 0 Å². The molecule has 4 heteroatoms. The number of carbonyl (C=O) groups is 1. The monoisotopic (exact) mass is 193 g/mol. The molecule has 72 valence electrons. The van der Waals surface area contributed by atoms with Gasteiger partial charge in [0.2, 0.25) is 0 Å². The van der Waals surface area contributed by atoms with Gasteiger partial charge in [-0.25, -0.2) is 9.18 Å². The number of aliphatic carboxylic acids is 1. The van der Waals surface area contributed by atoms with Crippen molar-refractivity contribution in [3.63, 3.8) is 0 Å². The molecule has 0 spiro atoms. The second kappa shape index (κ2) is 3.14. The van der Waals surface area contributed by atoms with E-state index in [1.165, 1.54) is 18.3 Å². The van der Waals surface area contributed by atoms with Gasteiger partial charge in [0.25, 0.3) is 0 Å². The first-order valence-corrected chi connectivity index (χ1v) is 4.14. The van der Waals surface area contributed by atoms with Crippen molar-refractivity contribution < 1.29 is 14.3 Å². The molecule has 0 unspecified atom stereocenters. The summed E-state index contributed by atoms with van der Waals surface area (Å²) in [6.45, 7) is 0. The lowest BCUT2D eigenvalue weighted by molar-refractivity contribution is -0.132. The zero-order valence-electron chi connectivity index (χ0n) is 7.25. The minimum absolute atomic E-state index is 0.239. The molecule has 3 nitrogen and oxygen atoms in total. The number of anilines is 1. The Morgan fingerprint density at radius 3 is 3.00 bits per heavy atom. The zero-order valence-corrected chi connectivity index (χ0v) is 7.25. The van der Waals surface area contributed by atoms with Crippen LogP contribution in [0.3, 0.4) is 0 Å². The molecule has 0 fully saturated rings. The first-order chi connectivity index (χ1) is 6.66. The third-order valence-electron chi connectivity index (χ3n) is 2.12. The molecule has 0 aliphatic carbocycles. The van der Waals surface area contributed by atoms with E-state index in [0.717, 1.165) is 5.69 Å². The number of halogens is 1. The molecular weight excluding hydrogens is 185 g/mol. The highest BCUT2D eigenvalue weighted by Crippen LogP contribution is 2.24. The topological polar surface area (TPSA) is 49.3 Å². The molecule has 0 saturated heterocycles. The van der Waals surface area contributed by atoms with Crippen LogP contribution in [0.1, 0.15) is 5.56 Å². The average Bonchev–Trinajstić information content (AvgIpc) is 2.16. The number of benzene rings is 1. The lowest BCUT2D eigenvalue weighted by Crippen LogP contribution is -2.12. The number of carboxylic acid groups (broad SMARTS) is 1. The molecule has 1 aromatic carbocycles. The summed E-state index contributed by atoms with van der Waals surface area (Å²) >= 11 is 0. The van der Waals surface area contributed by atoms with Gasteiger partial charge in [0.1, 0.15) is 5.82 Å². The second-order valence-corrected chi connectivity index (χ2v) is 3.10. The third kappa shape index (κ3) is 1.46. The molecule has 1 heterocycles. The van der Waals surface area contributed by atoms with Gasteiger partial charge in [-0.15, -0.1) is 0 Å². The van der Waals surface area contributed by atoms with Gasteiger partial charge >= 0.3 is 5.97 Å². The van der Waals surface area contributed by atoms with Crippen LogP contribution in [0.4, 0.5) is 10.1 Å². The first kappa shape index (κ1) is 8.74. The van der Waals surface area contributed by atoms with Crippen LogP contribution in [0.15, 0.2) is 30.0 Å². The first-order valence-electron chi connectivity index (χ1n) is 4.14. The Labute approximate surface area is 79.9 Å². The SMILES string of the molecule is O=C(O)C1=CNc2ccc(F)cc2C1. The van der Waals surface area contributed by atoms with Gasteiger partial charge in [0.05, 0.1) is 5.57 Å². The Hall–Kier alpha value is -1.84. The number of hydrogen-bond acceptors (Lipinski definition) is 2. The smallest absolute Gasteiger partial charge is 0.333 e. The molecule has 1 aliphatic heterocycles. The number of hydrogen-bond donors (Lipinski definition) is 2.